The molecule has 1 heterocycles. The molecule has 2 aromatic carbocycles. The van der Waals surface area contributed by atoms with Crippen LogP contribution in [0.3, 0.4) is 0 Å². The normalized spacial score (nSPS) is 15.7. The lowest BCUT2D eigenvalue weighted by Crippen LogP contribution is -2.38. The molecule has 0 radical (unpaired) electrons. The van der Waals surface area contributed by atoms with Gasteiger partial charge in [-0.15, -0.1) is 0 Å². The molecule has 0 aliphatic carbocycles. The fraction of sp³-hybridized carbons (Fsp3) is 0.292. The Morgan fingerprint density at radius 1 is 1.16 bits per heavy atom. The number of carbonyl (C=O) groups excluding carboxylic acids is 2. The summed E-state index contributed by atoms with van der Waals surface area (Å²) < 4.78 is 16.6. The number of amides is 1. The van der Waals surface area contributed by atoms with Crippen molar-refractivity contribution >= 4 is 46.3 Å². The van der Waals surface area contributed by atoms with Crippen molar-refractivity contribution in [2.45, 2.75) is 26.3 Å². The second kappa shape index (κ2) is 11.2. The number of nitrogens with zero attached hydrogens (tertiary/aromatic N) is 1. The molecule has 2 aromatic rings. The lowest BCUT2D eigenvalue weighted by molar-refractivity contribution is -0.151. The van der Waals surface area contributed by atoms with E-state index in [1.165, 1.54) is 4.90 Å². The summed E-state index contributed by atoms with van der Waals surface area (Å²) in [5, 5.41) is 0. The van der Waals surface area contributed by atoms with Gasteiger partial charge in [-0.25, -0.2) is 4.79 Å². The van der Waals surface area contributed by atoms with E-state index in [0.717, 1.165) is 17.3 Å². The molecule has 0 spiro atoms. The molecule has 8 heteroatoms. The number of thioether (sulfide) groups is 1. The molecule has 0 saturated carbocycles. The molecular weight excluding hydrogens is 446 g/mol. The van der Waals surface area contributed by atoms with Gasteiger partial charge in [0.25, 0.3) is 5.91 Å². The van der Waals surface area contributed by atoms with Gasteiger partial charge in [-0.2, -0.15) is 0 Å². The van der Waals surface area contributed by atoms with E-state index < -0.39 is 12.0 Å². The highest BCUT2D eigenvalue weighted by molar-refractivity contribution is 8.26. The van der Waals surface area contributed by atoms with E-state index >= 15 is 0 Å². The SMILES string of the molecule is CCCOC(=O)C(c1ccccc1)N1C(=O)/C(=C/c2ccc(OCC)c(OC)c2)SC1=S. The highest BCUT2D eigenvalue weighted by atomic mass is 32.2. The fourth-order valence-corrected chi connectivity index (χ4v) is 4.52. The molecule has 1 aliphatic heterocycles. The van der Waals surface area contributed by atoms with E-state index in [-0.39, 0.29) is 12.5 Å². The Kier molecular flexibility index (Phi) is 8.30. The molecule has 1 fully saturated rings. The van der Waals surface area contributed by atoms with Crippen LogP contribution in [0.25, 0.3) is 6.08 Å². The van der Waals surface area contributed by atoms with Crippen molar-refractivity contribution in [1.29, 1.82) is 0 Å². The minimum absolute atomic E-state index is 0.277. The maximum absolute atomic E-state index is 13.3. The van der Waals surface area contributed by atoms with Crippen molar-refractivity contribution in [1.82, 2.24) is 4.90 Å². The quantitative estimate of drug-likeness (QED) is 0.290. The van der Waals surface area contributed by atoms with E-state index in [1.807, 2.05) is 38.1 Å². The van der Waals surface area contributed by atoms with Crippen LogP contribution >= 0.6 is 24.0 Å². The predicted molar refractivity (Wildman–Crippen MR) is 130 cm³/mol. The molecule has 168 valence electrons. The van der Waals surface area contributed by atoms with Crippen molar-refractivity contribution in [2.24, 2.45) is 0 Å². The summed E-state index contributed by atoms with van der Waals surface area (Å²) in [7, 11) is 1.56. The largest absolute Gasteiger partial charge is 0.493 e. The average Bonchev–Trinajstić information content (AvgIpc) is 3.07. The van der Waals surface area contributed by atoms with Crippen molar-refractivity contribution in [3.05, 3.63) is 64.6 Å². The molecule has 0 aromatic heterocycles. The Balaban J connectivity index is 1.93. The van der Waals surface area contributed by atoms with Gasteiger partial charge in [0.1, 0.15) is 4.32 Å². The molecule has 1 amide bonds. The maximum Gasteiger partial charge on any atom is 0.333 e. The number of ether oxygens (including phenoxy) is 3. The Hall–Kier alpha value is -2.84. The van der Waals surface area contributed by atoms with Crippen LogP contribution in [0, 0.1) is 0 Å². The van der Waals surface area contributed by atoms with E-state index in [1.54, 1.807) is 37.5 Å². The Bertz CT molecular complexity index is 1020. The number of hydrogen-bond donors (Lipinski definition) is 0. The predicted octanol–water partition coefficient (Wildman–Crippen LogP) is 4.99. The van der Waals surface area contributed by atoms with Gasteiger partial charge in [0, 0.05) is 0 Å². The summed E-state index contributed by atoms with van der Waals surface area (Å²) >= 11 is 6.66. The van der Waals surface area contributed by atoms with Crippen molar-refractivity contribution in [2.75, 3.05) is 20.3 Å². The van der Waals surface area contributed by atoms with Gasteiger partial charge in [-0.3, -0.25) is 9.69 Å². The van der Waals surface area contributed by atoms with Gasteiger partial charge in [-0.1, -0.05) is 67.3 Å². The third-order valence-electron chi connectivity index (χ3n) is 4.65. The van der Waals surface area contributed by atoms with Crippen LogP contribution in [-0.2, 0) is 14.3 Å². The van der Waals surface area contributed by atoms with Gasteiger partial charge >= 0.3 is 5.97 Å². The molecule has 6 nitrogen and oxygen atoms in total. The summed E-state index contributed by atoms with van der Waals surface area (Å²) in [6, 6.07) is 13.5. The van der Waals surface area contributed by atoms with Crippen LogP contribution in [-0.4, -0.2) is 41.4 Å². The van der Waals surface area contributed by atoms with Gasteiger partial charge in [0.2, 0.25) is 0 Å². The summed E-state index contributed by atoms with van der Waals surface area (Å²) in [5.74, 6) is 0.359. The van der Waals surface area contributed by atoms with E-state index in [4.69, 9.17) is 26.4 Å². The molecule has 1 unspecified atom stereocenters. The Morgan fingerprint density at radius 2 is 1.91 bits per heavy atom. The molecule has 1 atom stereocenters. The zero-order valence-corrected chi connectivity index (χ0v) is 19.8. The number of carbonyl (C=O) groups is 2. The van der Waals surface area contributed by atoms with Crippen LogP contribution in [0.1, 0.15) is 37.4 Å². The van der Waals surface area contributed by atoms with Crippen molar-refractivity contribution < 1.29 is 23.8 Å². The van der Waals surface area contributed by atoms with Gasteiger partial charge < -0.3 is 14.2 Å². The summed E-state index contributed by atoms with van der Waals surface area (Å²) in [5.41, 5.74) is 1.41. The number of rotatable bonds is 9. The van der Waals surface area contributed by atoms with Gasteiger partial charge in [0.15, 0.2) is 17.5 Å². The first-order valence-corrected chi connectivity index (χ1v) is 11.5. The van der Waals surface area contributed by atoms with Gasteiger partial charge in [-0.05, 0) is 42.7 Å². The molecule has 1 saturated heterocycles. The molecule has 3 rings (SSSR count). The average molecular weight is 472 g/mol. The van der Waals surface area contributed by atoms with E-state index in [0.29, 0.717) is 39.3 Å². The summed E-state index contributed by atoms with van der Waals surface area (Å²) in [6.45, 7) is 4.60. The Morgan fingerprint density at radius 3 is 2.56 bits per heavy atom. The molecule has 1 aliphatic rings. The van der Waals surface area contributed by atoms with Gasteiger partial charge in [0.05, 0.1) is 25.2 Å². The molecule has 32 heavy (non-hydrogen) atoms. The fourth-order valence-electron chi connectivity index (χ4n) is 3.21. The number of hydrogen-bond acceptors (Lipinski definition) is 7. The second-order valence-electron chi connectivity index (χ2n) is 6.88. The molecular formula is C24H25NO5S2. The van der Waals surface area contributed by atoms with E-state index in [9.17, 15) is 9.59 Å². The number of thiocarbonyl (C=S) groups is 1. The monoisotopic (exact) mass is 471 g/mol. The zero-order chi connectivity index (χ0) is 23.1. The lowest BCUT2D eigenvalue weighted by atomic mass is 10.1. The number of esters is 1. The highest BCUT2D eigenvalue weighted by Gasteiger charge is 2.42. The smallest absolute Gasteiger partial charge is 0.333 e. The first kappa shape index (κ1) is 23.8. The Labute approximate surface area is 197 Å². The highest BCUT2D eigenvalue weighted by Crippen LogP contribution is 2.39. The first-order chi connectivity index (χ1) is 15.5. The maximum atomic E-state index is 13.3. The summed E-state index contributed by atoms with van der Waals surface area (Å²) in [6.07, 6.45) is 2.42. The summed E-state index contributed by atoms with van der Waals surface area (Å²) in [4.78, 5) is 28.0. The van der Waals surface area contributed by atoms with Crippen LogP contribution in [0.4, 0.5) is 0 Å². The second-order valence-corrected chi connectivity index (χ2v) is 8.55. The number of benzene rings is 2. The van der Waals surface area contributed by atoms with Crippen LogP contribution in [0.2, 0.25) is 0 Å². The zero-order valence-electron chi connectivity index (χ0n) is 18.2. The van der Waals surface area contributed by atoms with E-state index in [2.05, 4.69) is 0 Å². The van der Waals surface area contributed by atoms with Crippen LogP contribution in [0.15, 0.2) is 53.4 Å². The minimum Gasteiger partial charge on any atom is -0.493 e. The third-order valence-corrected chi connectivity index (χ3v) is 5.98. The van der Waals surface area contributed by atoms with Crippen molar-refractivity contribution in [3.8, 4) is 11.5 Å². The van der Waals surface area contributed by atoms with Crippen LogP contribution in [0.5, 0.6) is 11.5 Å². The third kappa shape index (κ3) is 5.31. The minimum atomic E-state index is -0.934. The standard InChI is InChI=1S/C24H25NO5S2/c1-4-13-30-23(27)21(17-9-7-6-8-10-17)25-22(26)20(32-24(25)31)15-16-11-12-18(29-5-2)19(14-16)28-3/h6-12,14-15,21H,4-5,13H2,1-3H3/b20-15-. The number of methoxy groups -OCH3 is 1. The first-order valence-electron chi connectivity index (χ1n) is 10.3. The van der Waals surface area contributed by atoms with Crippen molar-refractivity contribution in [3.63, 3.8) is 0 Å². The lowest BCUT2D eigenvalue weighted by Gasteiger charge is -2.25. The molecule has 0 bridgehead atoms. The topological polar surface area (TPSA) is 65.1 Å². The van der Waals surface area contributed by atoms with Crippen LogP contribution < -0.4 is 9.47 Å². The molecule has 0 N–H and O–H groups in total.